The Morgan fingerprint density at radius 1 is 0.909 bits per heavy atom. The first-order chi connectivity index (χ1) is 10.9. The standard InChI is InChI=1S/C18H11N3O/c1-2-4-15-13(3-1)14-6-5-12-8-10-22-18(12)17(14)21(15)16-7-9-19-11-20-16/h1-11H. The highest BCUT2D eigenvalue weighted by molar-refractivity contribution is 6.16. The Labute approximate surface area is 125 Å². The predicted octanol–water partition coefficient (Wildman–Crippen LogP) is 4.32. The summed E-state index contributed by atoms with van der Waals surface area (Å²) in [5, 5.41) is 3.44. The second-order valence-corrected chi connectivity index (χ2v) is 5.22. The van der Waals surface area contributed by atoms with Crippen LogP contribution in [0.5, 0.6) is 0 Å². The van der Waals surface area contributed by atoms with Gasteiger partial charge in [-0.25, -0.2) is 9.97 Å². The molecule has 0 bridgehead atoms. The minimum Gasteiger partial charge on any atom is -0.462 e. The molecule has 0 saturated heterocycles. The fraction of sp³-hybridized carbons (Fsp3) is 0. The largest absolute Gasteiger partial charge is 0.462 e. The van der Waals surface area contributed by atoms with Crippen LogP contribution in [-0.2, 0) is 0 Å². The van der Waals surface area contributed by atoms with Crippen molar-refractivity contribution in [2.45, 2.75) is 0 Å². The quantitative estimate of drug-likeness (QED) is 0.460. The Hall–Kier alpha value is -3.14. The molecule has 0 amide bonds. The van der Waals surface area contributed by atoms with E-state index in [1.54, 1.807) is 18.8 Å². The van der Waals surface area contributed by atoms with Gasteiger partial charge in [0.25, 0.3) is 0 Å². The van der Waals surface area contributed by atoms with Crippen molar-refractivity contribution in [2.24, 2.45) is 0 Å². The van der Waals surface area contributed by atoms with Gasteiger partial charge in [-0.3, -0.25) is 4.57 Å². The maximum absolute atomic E-state index is 5.76. The molecule has 0 N–H and O–H groups in total. The van der Waals surface area contributed by atoms with Crippen molar-refractivity contribution in [3.63, 3.8) is 0 Å². The Bertz CT molecular complexity index is 1120. The molecule has 0 radical (unpaired) electrons. The third kappa shape index (κ3) is 1.41. The number of furan rings is 1. The minimum absolute atomic E-state index is 0.838. The van der Waals surface area contributed by atoms with Gasteiger partial charge in [-0.05, 0) is 18.2 Å². The van der Waals surface area contributed by atoms with Gasteiger partial charge in [0.05, 0.1) is 17.3 Å². The zero-order valence-electron chi connectivity index (χ0n) is 11.6. The van der Waals surface area contributed by atoms with Gasteiger partial charge in [0.2, 0.25) is 0 Å². The first-order valence-electron chi connectivity index (χ1n) is 7.09. The summed E-state index contributed by atoms with van der Waals surface area (Å²) < 4.78 is 7.90. The first kappa shape index (κ1) is 11.5. The summed E-state index contributed by atoms with van der Waals surface area (Å²) in [6.07, 6.45) is 5.05. The molecule has 3 aromatic heterocycles. The number of fused-ring (bicyclic) bond motifs is 5. The van der Waals surface area contributed by atoms with Crippen molar-refractivity contribution in [3.8, 4) is 5.82 Å². The molecule has 4 nitrogen and oxygen atoms in total. The molecule has 22 heavy (non-hydrogen) atoms. The third-order valence-corrected chi connectivity index (χ3v) is 4.05. The number of hydrogen-bond donors (Lipinski definition) is 0. The molecule has 5 aromatic rings. The third-order valence-electron chi connectivity index (χ3n) is 4.05. The monoisotopic (exact) mass is 285 g/mol. The van der Waals surface area contributed by atoms with Gasteiger partial charge in [0, 0.05) is 22.4 Å². The van der Waals surface area contributed by atoms with Crippen LogP contribution in [-0.4, -0.2) is 14.5 Å². The van der Waals surface area contributed by atoms with E-state index < -0.39 is 0 Å². The van der Waals surface area contributed by atoms with E-state index in [1.807, 2.05) is 18.2 Å². The van der Waals surface area contributed by atoms with Crippen molar-refractivity contribution in [3.05, 3.63) is 67.3 Å². The number of para-hydroxylation sites is 1. The summed E-state index contributed by atoms with van der Waals surface area (Å²) in [4.78, 5) is 8.44. The minimum atomic E-state index is 0.838. The molecule has 2 aromatic carbocycles. The summed E-state index contributed by atoms with van der Waals surface area (Å²) in [7, 11) is 0. The van der Waals surface area contributed by atoms with Crippen LogP contribution in [0.1, 0.15) is 0 Å². The molecular formula is C18H11N3O. The van der Waals surface area contributed by atoms with Gasteiger partial charge in [0.1, 0.15) is 12.1 Å². The zero-order chi connectivity index (χ0) is 14.5. The van der Waals surface area contributed by atoms with Crippen LogP contribution in [0, 0.1) is 0 Å². The second kappa shape index (κ2) is 4.18. The Morgan fingerprint density at radius 3 is 2.77 bits per heavy atom. The summed E-state index contributed by atoms with van der Waals surface area (Å²) in [5.74, 6) is 0.838. The van der Waals surface area contributed by atoms with E-state index in [9.17, 15) is 0 Å². The topological polar surface area (TPSA) is 43.9 Å². The molecule has 0 aliphatic heterocycles. The molecule has 3 heterocycles. The van der Waals surface area contributed by atoms with Crippen LogP contribution in [0.15, 0.2) is 71.7 Å². The summed E-state index contributed by atoms with van der Waals surface area (Å²) in [6, 6.07) is 16.5. The first-order valence-corrected chi connectivity index (χ1v) is 7.09. The second-order valence-electron chi connectivity index (χ2n) is 5.22. The smallest absolute Gasteiger partial charge is 0.158 e. The fourth-order valence-electron chi connectivity index (χ4n) is 3.13. The van der Waals surface area contributed by atoms with E-state index >= 15 is 0 Å². The lowest BCUT2D eigenvalue weighted by Crippen LogP contribution is -1.97. The lowest BCUT2D eigenvalue weighted by Gasteiger charge is -2.05. The maximum Gasteiger partial charge on any atom is 0.158 e. The fourth-order valence-corrected chi connectivity index (χ4v) is 3.13. The Kier molecular flexibility index (Phi) is 2.19. The molecule has 5 rings (SSSR count). The highest BCUT2D eigenvalue weighted by Crippen LogP contribution is 2.36. The van der Waals surface area contributed by atoms with Crippen molar-refractivity contribution >= 4 is 32.8 Å². The van der Waals surface area contributed by atoms with Crippen LogP contribution < -0.4 is 0 Å². The van der Waals surface area contributed by atoms with Crippen molar-refractivity contribution in [2.75, 3.05) is 0 Å². The Morgan fingerprint density at radius 2 is 1.86 bits per heavy atom. The van der Waals surface area contributed by atoms with Gasteiger partial charge >= 0.3 is 0 Å². The number of aromatic nitrogens is 3. The number of hydrogen-bond acceptors (Lipinski definition) is 3. The molecule has 0 fully saturated rings. The SMILES string of the molecule is c1ccc2c(c1)c1ccc3ccoc3c1n2-c1ccncn1. The lowest BCUT2D eigenvalue weighted by atomic mass is 10.1. The van der Waals surface area contributed by atoms with Crippen molar-refractivity contribution in [1.29, 1.82) is 0 Å². The molecule has 0 aliphatic carbocycles. The summed E-state index contributed by atoms with van der Waals surface area (Å²) in [5.41, 5.74) is 3.04. The molecular weight excluding hydrogens is 274 g/mol. The molecule has 0 unspecified atom stereocenters. The van der Waals surface area contributed by atoms with E-state index in [4.69, 9.17) is 4.42 Å². The van der Waals surface area contributed by atoms with Crippen molar-refractivity contribution in [1.82, 2.24) is 14.5 Å². The molecule has 0 saturated carbocycles. The lowest BCUT2D eigenvalue weighted by molar-refractivity contribution is 0.618. The van der Waals surface area contributed by atoms with Gasteiger partial charge in [-0.15, -0.1) is 0 Å². The normalized spacial score (nSPS) is 11.6. The molecule has 0 spiro atoms. The molecule has 4 heteroatoms. The highest BCUT2D eigenvalue weighted by atomic mass is 16.3. The Balaban J connectivity index is 2.10. The molecule has 104 valence electrons. The average molecular weight is 285 g/mol. The van der Waals surface area contributed by atoms with E-state index in [0.29, 0.717) is 0 Å². The van der Waals surface area contributed by atoms with Crippen LogP contribution >= 0.6 is 0 Å². The van der Waals surface area contributed by atoms with Crippen LogP contribution in [0.25, 0.3) is 38.6 Å². The van der Waals surface area contributed by atoms with Gasteiger partial charge in [-0.1, -0.05) is 30.3 Å². The van der Waals surface area contributed by atoms with Crippen molar-refractivity contribution < 1.29 is 4.42 Å². The average Bonchev–Trinajstić information content (AvgIpc) is 3.17. The van der Waals surface area contributed by atoms with E-state index in [0.717, 1.165) is 33.2 Å². The molecule has 0 atom stereocenters. The number of nitrogens with zero attached hydrogens (tertiary/aromatic N) is 3. The van der Waals surface area contributed by atoms with E-state index in [2.05, 4.69) is 44.9 Å². The van der Waals surface area contributed by atoms with Crippen LogP contribution in [0.4, 0.5) is 0 Å². The van der Waals surface area contributed by atoms with E-state index in [-0.39, 0.29) is 0 Å². The molecule has 0 aliphatic rings. The highest BCUT2D eigenvalue weighted by Gasteiger charge is 2.16. The van der Waals surface area contributed by atoms with E-state index in [1.165, 1.54) is 5.39 Å². The number of benzene rings is 2. The summed E-state index contributed by atoms with van der Waals surface area (Å²) >= 11 is 0. The van der Waals surface area contributed by atoms with Gasteiger partial charge in [0.15, 0.2) is 5.58 Å². The zero-order valence-corrected chi connectivity index (χ0v) is 11.6. The van der Waals surface area contributed by atoms with Gasteiger partial charge < -0.3 is 4.42 Å². The summed E-state index contributed by atoms with van der Waals surface area (Å²) in [6.45, 7) is 0. The van der Waals surface area contributed by atoms with Crippen LogP contribution in [0.2, 0.25) is 0 Å². The van der Waals surface area contributed by atoms with Gasteiger partial charge in [-0.2, -0.15) is 0 Å². The predicted molar refractivity (Wildman–Crippen MR) is 86.1 cm³/mol. The maximum atomic E-state index is 5.76. The van der Waals surface area contributed by atoms with Crippen LogP contribution in [0.3, 0.4) is 0 Å². The number of rotatable bonds is 1.